The number of esters is 1. The van der Waals surface area contributed by atoms with Gasteiger partial charge >= 0.3 is 18.2 Å². The summed E-state index contributed by atoms with van der Waals surface area (Å²) in [5.74, 6) is -1.59. The molecule has 2 saturated heterocycles. The molecular weight excluding hydrogens is 649 g/mol. The van der Waals surface area contributed by atoms with Gasteiger partial charge in [-0.3, -0.25) is 9.69 Å². The molecule has 1 aromatic heterocycles. The van der Waals surface area contributed by atoms with Crippen LogP contribution in [0.25, 0.3) is 0 Å². The summed E-state index contributed by atoms with van der Waals surface area (Å²) in [4.78, 5) is 47.1. The number of nitrogens with zero attached hydrogens (tertiary/aromatic N) is 3. The fourth-order valence-electron chi connectivity index (χ4n) is 6.42. The summed E-state index contributed by atoms with van der Waals surface area (Å²) in [5.41, 5.74) is -3.15. The molecule has 274 valence electrons. The van der Waals surface area contributed by atoms with Crippen molar-refractivity contribution in [2.24, 2.45) is 0 Å². The molecule has 49 heavy (non-hydrogen) atoms. The van der Waals surface area contributed by atoms with Crippen molar-refractivity contribution in [2.75, 3.05) is 53.1 Å². The third-order valence-electron chi connectivity index (χ3n) is 8.83. The Morgan fingerprint density at radius 3 is 2.57 bits per heavy atom. The standard InChI is InChI=1S/C34H49F3N4O8/c1-6-7-8-9-10-11-24(39-31(44)49-32(2,3)4)29(42)41-22-33(20-25(41)30(43)45-5)13-12-23-26(47-19-16-40-14-17-46-18-15-40)21-38-28(27(23)48-33)34(35,36)37/h6,21,24-25H,1,7-20,22H2,2-5H3,(H,39,44)/t24-,25-,33+/m0/s1. The summed E-state index contributed by atoms with van der Waals surface area (Å²) < 4.78 is 70.8. The number of hydrogen-bond donors (Lipinski definition) is 1. The third-order valence-corrected chi connectivity index (χ3v) is 8.83. The van der Waals surface area contributed by atoms with Crippen molar-refractivity contribution < 1.29 is 51.2 Å². The molecule has 1 spiro atoms. The molecule has 3 aliphatic rings. The first-order chi connectivity index (χ1) is 23.2. The average molecular weight is 699 g/mol. The maximum atomic E-state index is 14.3. The molecule has 0 aromatic carbocycles. The average Bonchev–Trinajstić information content (AvgIpc) is 3.40. The number of allylic oxidation sites excluding steroid dienone is 1. The summed E-state index contributed by atoms with van der Waals surface area (Å²) in [6, 6.07) is -2.21. The number of rotatable bonds is 13. The van der Waals surface area contributed by atoms with Crippen LogP contribution in [-0.4, -0.2) is 109 Å². The zero-order valence-corrected chi connectivity index (χ0v) is 28.9. The maximum absolute atomic E-state index is 14.3. The number of carbonyl (C=O) groups is 3. The first-order valence-electron chi connectivity index (χ1n) is 16.9. The lowest BCUT2D eigenvalue weighted by atomic mass is 9.88. The van der Waals surface area contributed by atoms with Crippen molar-refractivity contribution in [3.8, 4) is 11.5 Å². The molecule has 0 bridgehead atoms. The van der Waals surface area contributed by atoms with Gasteiger partial charge in [-0.2, -0.15) is 13.2 Å². The molecule has 2 fully saturated rings. The molecule has 15 heteroatoms. The van der Waals surface area contributed by atoms with Gasteiger partial charge in [0.25, 0.3) is 0 Å². The van der Waals surface area contributed by atoms with Gasteiger partial charge in [-0.1, -0.05) is 18.9 Å². The Balaban J connectivity index is 1.58. The molecular formula is C34H49F3N4O8. The van der Waals surface area contributed by atoms with E-state index in [1.807, 2.05) is 0 Å². The summed E-state index contributed by atoms with van der Waals surface area (Å²) in [7, 11) is 1.18. The van der Waals surface area contributed by atoms with Crippen LogP contribution in [0.4, 0.5) is 18.0 Å². The van der Waals surface area contributed by atoms with E-state index >= 15 is 0 Å². The van der Waals surface area contributed by atoms with Crippen molar-refractivity contribution in [1.29, 1.82) is 0 Å². The predicted octanol–water partition coefficient (Wildman–Crippen LogP) is 4.68. The lowest BCUT2D eigenvalue weighted by Gasteiger charge is -2.37. The van der Waals surface area contributed by atoms with Crippen LogP contribution in [0.1, 0.15) is 77.0 Å². The van der Waals surface area contributed by atoms with Gasteiger partial charge in [-0.25, -0.2) is 14.6 Å². The molecule has 0 saturated carbocycles. The Bertz CT molecular complexity index is 1330. The molecule has 12 nitrogen and oxygen atoms in total. The largest absolute Gasteiger partial charge is 0.490 e. The molecule has 4 heterocycles. The van der Waals surface area contributed by atoms with Crippen LogP contribution in [0.3, 0.4) is 0 Å². The molecule has 0 aliphatic carbocycles. The van der Waals surface area contributed by atoms with Gasteiger partial charge in [0.2, 0.25) is 5.91 Å². The topological polar surface area (TPSA) is 129 Å². The molecule has 0 unspecified atom stereocenters. The van der Waals surface area contributed by atoms with E-state index in [0.717, 1.165) is 38.5 Å². The number of fused-ring (bicyclic) bond motifs is 1. The molecule has 1 N–H and O–H groups in total. The van der Waals surface area contributed by atoms with E-state index in [4.69, 9.17) is 23.7 Å². The first-order valence-corrected chi connectivity index (χ1v) is 16.9. The van der Waals surface area contributed by atoms with Crippen LogP contribution in [0.5, 0.6) is 11.5 Å². The molecule has 2 amide bonds. The number of carbonyl (C=O) groups excluding carboxylic acids is 3. The van der Waals surface area contributed by atoms with Crippen LogP contribution in [0, 0.1) is 0 Å². The predicted molar refractivity (Wildman–Crippen MR) is 172 cm³/mol. The Labute approximate surface area is 285 Å². The minimum atomic E-state index is -4.83. The fourth-order valence-corrected chi connectivity index (χ4v) is 6.42. The van der Waals surface area contributed by atoms with Gasteiger partial charge in [0, 0.05) is 31.6 Å². The third kappa shape index (κ3) is 10.2. The number of halogens is 3. The van der Waals surface area contributed by atoms with E-state index in [9.17, 15) is 27.6 Å². The highest BCUT2D eigenvalue weighted by molar-refractivity contribution is 5.90. The quantitative estimate of drug-likeness (QED) is 0.176. The zero-order chi connectivity index (χ0) is 35.8. The number of alkyl halides is 3. The number of methoxy groups -OCH3 is 1. The van der Waals surface area contributed by atoms with Gasteiger partial charge in [-0.15, -0.1) is 6.58 Å². The molecule has 0 radical (unpaired) electrons. The van der Waals surface area contributed by atoms with Crippen molar-refractivity contribution >= 4 is 18.0 Å². The Morgan fingerprint density at radius 2 is 1.92 bits per heavy atom. The number of likely N-dealkylation sites (tertiary alicyclic amines) is 1. The number of nitrogens with one attached hydrogen (secondary N) is 1. The van der Waals surface area contributed by atoms with Crippen LogP contribution < -0.4 is 14.8 Å². The number of ether oxygens (including phenoxy) is 5. The summed E-state index contributed by atoms with van der Waals surface area (Å²) in [6.07, 6.45) is 0.705. The monoisotopic (exact) mass is 698 g/mol. The second-order valence-electron chi connectivity index (χ2n) is 13.7. The van der Waals surface area contributed by atoms with E-state index < -0.39 is 58.9 Å². The van der Waals surface area contributed by atoms with Crippen LogP contribution in [0.2, 0.25) is 0 Å². The lowest BCUT2D eigenvalue weighted by Crippen LogP contribution is -2.53. The van der Waals surface area contributed by atoms with E-state index in [1.165, 1.54) is 12.0 Å². The van der Waals surface area contributed by atoms with Crippen molar-refractivity contribution in [3.63, 3.8) is 0 Å². The minimum absolute atomic E-state index is 0.108. The molecule has 3 atom stereocenters. The second kappa shape index (κ2) is 16.4. The Hall–Kier alpha value is -3.59. The minimum Gasteiger partial charge on any atom is -0.490 e. The van der Waals surface area contributed by atoms with Crippen LogP contribution >= 0.6 is 0 Å². The Morgan fingerprint density at radius 1 is 1.18 bits per heavy atom. The normalized spacial score (nSPS) is 21.8. The highest BCUT2D eigenvalue weighted by Crippen LogP contribution is 2.48. The van der Waals surface area contributed by atoms with Gasteiger partial charge in [0.15, 0.2) is 11.4 Å². The van der Waals surface area contributed by atoms with Gasteiger partial charge < -0.3 is 33.9 Å². The van der Waals surface area contributed by atoms with Crippen LogP contribution in [-0.2, 0) is 36.4 Å². The van der Waals surface area contributed by atoms with E-state index in [1.54, 1.807) is 26.8 Å². The molecule has 3 aliphatic heterocycles. The van der Waals surface area contributed by atoms with E-state index in [0.29, 0.717) is 26.2 Å². The number of pyridine rings is 1. The zero-order valence-electron chi connectivity index (χ0n) is 28.9. The highest BCUT2D eigenvalue weighted by Gasteiger charge is 2.55. The summed E-state index contributed by atoms with van der Waals surface area (Å²) in [5, 5.41) is 2.65. The highest BCUT2D eigenvalue weighted by atomic mass is 19.4. The number of amides is 2. The maximum Gasteiger partial charge on any atom is 0.437 e. The smallest absolute Gasteiger partial charge is 0.437 e. The van der Waals surface area contributed by atoms with Gasteiger partial charge in [-0.05, 0) is 52.9 Å². The van der Waals surface area contributed by atoms with E-state index in [2.05, 4.69) is 21.8 Å². The first kappa shape index (κ1) is 38.2. The fraction of sp³-hybridized carbons (Fsp3) is 0.706. The molecule has 1 aromatic rings. The van der Waals surface area contributed by atoms with Crippen molar-refractivity contribution in [2.45, 2.75) is 102 Å². The number of morpholine rings is 1. The van der Waals surface area contributed by atoms with E-state index in [-0.39, 0.29) is 50.1 Å². The molecule has 4 rings (SSSR count). The Kier molecular flexibility index (Phi) is 12.8. The summed E-state index contributed by atoms with van der Waals surface area (Å²) in [6.45, 7) is 12.1. The lowest BCUT2D eigenvalue weighted by molar-refractivity contribution is -0.151. The van der Waals surface area contributed by atoms with Crippen molar-refractivity contribution in [1.82, 2.24) is 20.1 Å². The number of unbranched alkanes of at least 4 members (excludes halogenated alkanes) is 3. The van der Waals surface area contributed by atoms with Gasteiger partial charge in [0.05, 0.1) is 33.1 Å². The SMILES string of the molecule is C=CCCCCC[C@H](NC(=O)OC(C)(C)C)C(=O)N1C[C@@]2(CCc3c(OCCN4CCOCC4)cnc(C(F)(F)F)c3O2)C[C@H]1C(=O)OC. The number of alkyl carbamates (subject to hydrolysis) is 1. The number of hydrogen-bond acceptors (Lipinski definition) is 10. The van der Waals surface area contributed by atoms with Crippen LogP contribution in [0.15, 0.2) is 18.9 Å². The van der Waals surface area contributed by atoms with Crippen molar-refractivity contribution in [3.05, 3.63) is 30.1 Å². The number of aromatic nitrogens is 1. The second-order valence-corrected chi connectivity index (χ2v) is 13.7. The summed E-state index contributed by atoms with van der Waals surface area (Å²) >= 11 is 0. The van der Waals surface area contributed by atoms with Gasteiger partial charge in [0.1, 0.15) is 35.6 Å².